The Balaban J connectivity index is 4.27. The summed E-state index contributed by atoms with van der Waals surface area (Å²) >= 11 is 0. The van der Waals surface area contributed by atoms with Gasteiger partial charge in [-0.05, 0) is 0 Å². The van der Waals surface area contributed by atoms with Gasteiger partial charge in [0.25, 0.3) is 0 Å². The molecule has 0 aliphatic rings. The number of carboxylic acids is 3. The van der Waals surface area contributed by atoms with E-state index in [1.165, 1.54) is 0 Å². The monoisotopic (exact) mass is 288 g/mol. The van der Waals surface area contributed by atoms with E-state index in [1.807, 2.05) is 0 Å². The molecule has 108 valence electrons. The van der Waals surface area contributed by atoms with Crippen molar-refractivity contribution in [3.63, 3.8) is 0 Å². The van der Waals surface area contributed by atoms with Crippen LogP contribution in [0.2, 0.25) is 0 Å². The van der Waals surface area contributed by atoms with Gasteiger partial charge in [-0.3, -0.25) is 0 Å². The van der Waals surface area contributed by atoms with Gasteiger partial charge in [-0.15, -0.1) is 0 Å². The topological polar surface area (TPSA) is 112 Å². The molecule has 6 nitrogen and oxygen atoms in total. The Morgan fingerprint density at radius 2 is 0.810 bits per heavy atom. The average Bonchev–Trinajstić information content (AvgIpc) is 2.42. The lowest BCUT2D eigenvalue weighted by Crippen LogP contribution is -2.17. The van der Waals surface area contributed by atoms with Gasteiger partial charge in [0, 0.05) is 16.7 Å². The van der Waals surface area contributed by atoms with Crippen molar-refractivity contribution in [2.75, 3.05) is 0 Å². The van der Waals surface area contributed by atoms with Crippen LogP contribution in [-0.2, 0) is 0 Å². The van der Waals surface area contributed by atoms with Crippen LogP contribution in [0, 0.1) is 0 Å². The first-order valence-electron chi connectivity index (χ1n) is 5.62. The number of benzene rings is 1. The average molecular weight is 288 g/mol. The van der Waals surface area contributed by atoms with E-state index >= 15 is 0 Å². The predicted octanol–water partition coefficient (Wildman–Crippen LogP) is 2.71. The summed E-state index contributed by atoms with van der Waals surface area (Å²) in [5.41, 5.74) is -1.99. The first-order valence-corrected chi connectivity index (χ1v) is 5.62. The van der Waals surface area contributed by atoms with Crippen molar-refractivity contribution in [1.29, 1.82) is 0 Å². The summed E-state index contributed by atoms with van der Waals surface area (Å²) in [6, 6.07) is 0. The van der Waals surface area contributed by atoms with Crippen LogP contribution in [-0.4, -0.2) is 33.2 Å². The summed E-state index contributed by atoms with van der Waals surface area (Å²) in [5.74, 6) is -4.42. The highest BCUT2D eigenvalue weighted by molar-refractivity contribution is 6.11. The van der Waals surface area contributed by atoms with Crippen LogP contribution in [0.1, 0.15) is 47.8 Å². The van der Waals surface area contributed by atoms with Gasteiger partial charge >= 0.3 is 17.9 Å². The SMILES string of the molecule is C=Cc1c(C(=O)O)c(C=C)c(C(=O)O)c(C=C)c1C(=O)O. The van der Waals surface area contributed by atoms with E-state index < -0.39 is 34.6 Å². The minimum Gasteiger partial charge on any atom is -0.478 e. The zero-order valence-corrected chi connectivity index (χ0v) is 10.9. The third kappa shape index (κ3) is 2.46. The Hall–Kier alpha value is -3.15. The summed E-state index contributed by atoms with van der Waals surface area (Å²) in [7, 11) is 0. The summed E-state index contributed by atoms with van der Waals surface area (Å²) < 4.78 is 0. The van der Waals surface area contributed by atoms with Gasteiger partial charge in [0.15, 0.2) is 0 Å². The standard InChI is InChI=1S/C15H12O6/c1-4-7-10(13(16)17)8(5-2)12(15(20)21)9(6-3)11(7)14(18)19/h4-6H,1-3H2,(H,16,17)(H,18,19)(H,20,21). The highest BCUT2D eigenvalue weighted by Gasteiger charge is 2.29. The Bertz CT molecular complexity index is 580. The number of rotatable bonds is 6. The van der Waals surface area contributed by atoms with Crippen molar-refractivity contribution >= 4 is 36.1 Å². The Morgan fingerprint density at radius 1 is 0.619 bits per heavy atom. The zero-order chi connectivity index (χ0) is 16.3. The van der Waals surface area contributed by atoms with Gasteiger partial charge in [-0.2, -0.15) is 0 Å². The molecule has 6 heteroatoms. The van der Waals surface area contributed by atoms with E-state index in [0.717, 1.165) is 18.2 Å². The molecule has 0 amide bonds. The fourth-order valence-electron chi connectivity index (χ4n) is 2.11. The first kappa shape index (κ1) is 15.9. The minimum absolute atomic E-state index is 0.190. The second kappa shape index (κ2) is 5.87. The zero-order valence-electron chi connectivity index (χ0n) is 10.9. The third-order valence-electron chi connectivity index (χ3n) is 2.87. The lowest BCUT2D eigenvalue weighted by molar-refractivity contribution is 0.0695. The van der Waals surface area contributed by atoms with Crippen LogP contribution in [0.3, 0.4) is 0 Å². The van der Waals surface area contributed by atoms with Crippen molar-refractivity contribution in [1.82, 2.24) is 0 Å². The molecule has 1 rings (SSSR count). The molecule has 0 atom stereocenters. The quantitative estimate of drug-likeness (QED) is 0.742. The number of hydrogen-bond acceptors (Lipinski definition) is 3. The second-order valence-corrected chi connectivity index (χ2v) is 3.89. The molecule has 1 aromatic rings. The Morgan fingerprint density at radius 3 is 0.905 bits per heavy atom. The fourth-order valence-corrected chi connectivity index (χ4v) is 2.11. The molecule has 0 aliphatic heterocycles. The molecular weight excluding hydrogens is 276 g/mol. The third-order valence-corrected chi connectivity index (χ3v) is 2.87. The van der Waals surface area contributed by atoms with Gasteiger partial charge in [-0.1, -0.05) is 38.0 Å². The van der Waals surface area contributed by atoms with Crippen LogP contribution in [0.4, 0.5) is 0 Å². The van der Waals surface area contributed by atoms with Gasteiger partial charge in [0.05, 0.1) is 16.7 Å². The molecule has 0 bridgehead atoms. The molecule has 0 radical (unpaired) electrons. The Kier molecular flexibility index (Phi) is 4.45. The lowest BCUT2D eigenvalue weighted by atomic mass is 9.86. The summed E-state index contributed by atoms with van der Waals surface area (Å²) in [5, 5.41) is 27.8. The lowest BCUT2D eigenvalue weighted by Gasteiger charge is -2.16. The molecule has 0 aromatic heterocycles. The molecule has 0 unspecified atom stereocenters. The normalized spacial score (nSPS) is 9.71. The number of hydrogen-bond donors (Lipinski definition) is 3. The molecule has 1 aromatic carbocycles. The highest BCUT2D eigenvalue weighted by Crippen LogP contribution is 2.31. The predicted molar refractivity (Wildman–Crippen MR) is 77.6 cm³/mol. The van der Waals surface area contributed by atoms with E-state index in [-0.39, 0.29) is 16.7 Å². The van der Waals surface area contributed by atoms with Crippen LogP contribution < -0.4 is 0 Å². The molecule has 0 aliphatic carbocycles. The molecule has 21 heavy (non-hydrogen) atoms. The van der Waals surface area contributed by atoms with Crippen molar-refractivity contribution in [2.45, 2.75) is 0 Å². The van der Waals surface area contributed by atoms with Crippen LogP contribution >= 0.6 is 0 Å². The maximum Gasteiger partial charge on any atom is 0.336 e. The van der Waals surface area contributed by atoms with Crippen LogP contribution in [0.5, 0.6) is 0 Å². The smallest absolute Gasteiger partial charge is 0.336 e. The molecular formula is C15H12O6. The van der Waals surface area contributed by atoms with E-state index in [0.29, 0.717) is 0 Å². The van der Waals surface area contributed by atoms with Crippen molar-refractivity contribution in [3.8, 4) is 0 Å². The molecule has 3 N–H and O–H groups in total. The van der Waals surface area contributed by atoms with E-state index in [1.54, 1.807) is 0 Å². The fraction of sp³-hybridized carbons (Fsp3) is 0. The Labute approximate surface area is 120 Å². The van der Waals surface area contributed by atoms with Gasteiger partial charge < -0.3 is 15.3 Å². The molecule has 0 heterocycles. The molecule has 0 saturated carbocycles. The van der Waals surface area contributed by atoms with E-state index in [4.69, 9.17) is 0 Å². The summed E-state index contributed by atoms with van der Waals surface area (Å²) in [4.78, 5) is 34.2. The van der Waals surface area contributed by atoms with Gasteiger partial charge in [0.1, 0.15) is 0 Å². The van der Waals surface area contributed by atoms with Crippen molar-refractivity contribution in [3.05, 3.63) is 53.1 Å². The largest absolute Gasteiger partial charge is 0.478 e. The number of carbonyl (C=O) groups is 3. The molecule has 0 spiro atoms. The second-order valence-electron chi connectivity index (χ2n) is 3.89. The van der Waals surface area contributed by atoms with Gasteiger partial charge in [-0.25, -0.2) is 14.4 Å². The van der Waals surface area contributed by atoms with E-state index in [9.17, 15) is 29.7 Å². The summed E-state index contributed by atoms with van der Waals surface area (Å²) in [6.07, 6.45) is 3.16. The maximum atomic E-state index is 11.4. The van der Waals surface area contributed by atoms with Crippen LogP contribution in [0.15, 0.2) is 19.7 Å². The number of aromatic carboxylic acids is 3. The maximum absolute atomic E-state index is 11.4. The molecule has 0 fully saturated rings. The first-order chi connectivity index (χ1) is 9.81. The van der Waals surface area contributed by atoms with E-state index in [2.05, 4.69) is 19.7 Å². The van der Waals surface area contributed by atoms with Crippen molar-refractivity contribution in [2.24, 2.45) is 0 Å². The van der Waals surface area contributed by atoms with Crippen molar-refractivity contribution < 1.29 is 29.7 Å². The van der Waals surface area contributed by atoms with Gasteiger partial charge in [0.2, 0.25) is 0 Å². The highest BCUT2D eigenvalue weighted by atomic mass is 16.4. The summed E-state index contributed by atoms with van der Waals surface area (Å²) in [6.45, 7) is 10.2. The minimum atomic E-state index is -1.47. The number of carboxylic acid groups (broad SMARTS) is 3. The molecule has 0 saturated heterocycles. The van der Waals surface area contributed by atoms with Crippen LogP contribution in [0.25, 0.3) is 18.2 Å².